The summed E-state index contributed by atoms with van der Waals surface area (Å²) in [5.74, 6) is 0.191. The number of halogens is 1. The molecule has 0 aliphatic heterocycles. The Labute approximate surface area is 122 Å². The highest BCUT2D eigenvalue weighted by atomic mass is 35.5. The average Bonchev–Trinajstić information content (AvgIpc) is 3.16. The summed E-state index contributed by atoms with van der Waals surface area (Å²) in [6, 6.07) is 4.64. The van der Waals surface area contributed by atoms with Crippen molar-refractivity contribution in [1.29, 1.82) is 0 Å². The lowest BCUT2D eigenvalue weighted by Crippen LogP contribution is -2.31. The van der Waals surface area contributed by atoms with Gasteiger partial charge in [-0.3, -0.25) is 14.9 Å². The maximum Gasteiger partial charge on any atom is 0.282 e. The van der Waals surface area contributed by atoms with Gasteiger partial charge in [0.25, 0.3) is 11.6 Å². The van der Waals surface area contributed by atoms with E-state index in [1.54, 1.807) is 19.1 Å². The van der Waals surface area contributed by atoms with Crippen LogP contribution in [0.15, 0.2) is 18.2 Å². The van der Waals surface area contributed by atoms with Gasteiger partial charge in [-0.05, 0) is 37.2 Å². The molecule has 108 valence electrons. The molecule has 1 aliphatic carbocycles. The maximum absolute atomic E-state index is 12.2. The molecule has 1 aromatic carbocycles. The van der Waals surface area contributed by atoms with E-state index in [9.17, 15) is 14.9 Å². The van der Waals surface area contributed by atoms with Crippen LogP contribution < -0.4 is 5.32 Å². The fourth-order valence-electron chi connectivity index (χ4n) is 2.35. The van der Waals surface area contributed by atoms with E-state index in [4.69, 9.17) is 11.6 Å². The third kappa shape index (κ3) is 3.10. The SMILES string of the molecule is Cc1cccc([N+](=O)[O-])c1C(=O)NCC1(CCCl)CC1. The summed E-state index contributed by atoms with van der Waals surface area (Å²) in [6.45, 7) is 2.23. The van der Waals surface area contributed by atoms with E-state index in [-0.39, 0.29) is 22.6 Å². The number of nitrogens with zero attached hydrogens (tertiary/aromatic N) is 1. The number of nitro groups is 1. The van der Waals surface area contributed by atoms with Gasteiger partial charge >= 0.3 is 0 Å². The van der Waals surface area contributed by atoms with Gasteiger partial charge in [-0.2, -0.15) is 0 Å². The molecule has 1 aliphatic rings. The van der Waals surface area contributed by atoms with Gasteiger partial charge in [-0.25, -0.2) is 0 Å². The number of nitrogens with one attached hydrogen (secondary N) is 1. The molecule has 0 radical (unpaired) electrons. The molecule has 5 nitrogen and oxygen atoms in total. The van der Waals surface area contributed by atoms with Crippen LogP contribution >= 0.6 is 11.6 Å². The Hall–Kier alpha value is -1.62. The molecule has 1 amide bonds. The summed E-state index contributed by atoms with van der Waals surface area (Å²) in [5, 5.41) is 13.8. The van der Waals surface area contributed by atoms with Gasteiger partial charge in [0.1, 0.15) is 5.56 Å². The average molecular weight is 297 g/mol. The van der Waals surface area contributed by atoms with Crippen molar-refractivity contribution in [3.63, 3.8) is 0 Å². The van der Waals surface area contributed by atoms with E-state index in [0.29, 0.717) is 18.0 Å². The Morgan fingerprint density at radius 2 is 2.20 bits per heavy atom. The first kappa shape index (κ1) is 14.8. The monoisotopic (exact) mass is 296 g/mol. The third-order valence-corrected chi connectivity index (χ3v) is 4.07. The Balaban J connectivity index is 2.12. The predicted octanol–water partition coefficient (Wildman–Crippen LogP) is 3.04. The second kappa shape index (κ2) is 5.79. The second-order valence-electron chi connectivity index (χ2n) is 5.35. The Kier molecular flexibility index (Phi) is 4.28. The van der Waals surface area contributed by atoms with Crippen LogP contribution in [0.2, 0.25) is 0 Å². The summed E-state index contributed by atoms with van der Waals surface area (Å²) in [4.78, 5) is 22.7. The van der Waals surface area contributed by atoms with E-state index in [2.05, 4.69) is 5.32 Å². The highest BCUT2D eigenvalue weighted by molar-refractivity contribution is 6.17. The molecule has 0 atom stereocenters. The number of hydrogen-bond acceptors (Lipinski definition) is 3. The van der Waals surface area contributed by atoms with Crippen molar-refractivity contribution in [2.24, 2.45) is 5.41 Å². The third-order valence-electron chi connectivity index (χ3n) is 3.88. The van der Waals surface area contributed by atoms with Crippen molar-refractivity contribution in [3.8, 4) is 0 Å². The highest BCUT2D eigenvalue weighted by Crippen LogP contribution is 2.48. The summed E-state index contributed by atoms with van der Waals surface area (Å²) in [6.07, 6.45) is 2.97. The lowest BCUT2D eigenvalue weighted by atomic mass is 10.0. The van der Waals surface area contributed by atoms with Crippen LogP contribution in [0.5, 0.6) is 0 Å². The van der Waals surface area contributed by atoms with E-state index in [1.807, 2.05) is 0 Å². The molecule has 2 rings (SSSR count). The molecule has 20 heavy (non-hydrogen) atoms. The number of benzene rings is 1. The summed E-state index contributed by atoms with van der Waals surface area (Å²) < 4.78 is 0. The number of aryl methyl sites for hydroxylation is 1. The van der Waals surface area contributed by atoms with E-state index >= 15 is 0 Å². The predicted molar refractivity (Wildman–Crippen MR) is 77.2 cm³/mol. The number of rotatable bonds is 6. The first-order valence-electron chi connectivity index (χ1n) is 6.57. The fourth-order valence-corrected chi connectivity index (χ4v) is 2.75. The molecule has 0 saturated heterocycles. The summed E-state index contributed by atoms with van der Waals surface area (Å²) in [5.41, 5.74) is 0.720. The molecule has 6 heteroatoms. The summed E-state index contributed by atoms with van der Waals surface area (Å²) in [7, 11) is 0. The van der Waals surface area contributed by atoms with Crippen LogP contribution in [0.1, 0.15) is 35.2 Å². The van der Waals surface area contributed by atoms with Crippen molar-refractivity contribution >= 4 is 23.2 Å². The molecular formula is C14H17ClN2O3. The molecule has 0 bridgehead atoms. The maximum atomic E-state index is 12.2. The first-order chi connectivity index (χ1) is 9.49. The van der Waals surface area contributed by atoms with Crippen molar-refractivity contribution in [2.45, 2.75) is 26.2 Å². The van der Waals surface area contributed by atoms with Crippen molar-refractivity contribution in [1.82, 2.24) is 5.32 Å². The standard InChI is InChI=1S/C14H17ClN2O3/c1-10-3-2-4-11(17(19)20)12(10)13(18)16-9-14(5-6-14)7-8-15/h2-4H,5-9H2,1H3,(H,16,18). The topological polar surface area (TPSA) is 72.2 Å². The first-order valence-corrected chi connectivity index (χ1v) is 7.11. The number of carbonyl (C=O) groups excluding carboxylic acids is 1. The summed E-state index contributed by atoms with van der Waals surface area (Å²) >= 11 is 5.75. The molecule has 0 spiro atoms. The smallest absolute Gasteiger partial charge is 0.282 e. The van der Waals surface area contributed by atoms with E-state index in [0.717, 1.165) is 19.3 Å². The van der Waals surface area contributed by atoms with Crippen LogP contribution in [-0.4, -0.2) is 23.3 Å². The van der Waals surface area contributed by atoms with Gasteiger partial charge < -0.3 is 5.32 Å². The molecule has 1 aromatic rings. The van der Waals surface area contributed by atoms with Crippen molar-refractivity contribution in [3.05, 3.63) is 39.4 Å². The van der Waals surface area contributed by atoms with Gasteiger partial charge in [-0.1, -0.05) is 12.1 Å². The van der Waals surface area contributed by atoms with Crippen LogP contribution in [0.25, 0.3) is 0 Å². The number of amides is 1. The molecule has 1 saturated carbocycles. The molecule has 1 N–H and O–H groups in total. The minimum absolute atomic E-state index is 0.106. The molecule has 0 unspecified atom stereocenters. The van der Waals surface area contributed by atoms with E-state index < -0.39 is 4.92 Å². The minimum Gasteiger partial charge on any atom is -0.351 e. The van der Waals surface area contributed by atoms with Gasteiger partial charge in [0.15, 0.2) is 0 Å². The second-order valence-corrected chi connectivity index (χ2v) is 5.73. The molecular weight excluding hydrogens is 280 g/mol. The Bertz CT molecular complexity index is 541. The van der Waals surface area contributed by atoms with Gasteiger partial charge in [0, 0.05) is 18.5 Å². The highest BCUT2D eigenvalue weighted by Gasteiger charge is 2.42. The number of alkyl halides is 1. The lowest BCUT2D eigenvalue weighted by Gasteiger charge is -2.15. The van der Waals surface area contributed by atoms with Gasteiger partial charge in [0.05, 0.1) is 4.92 Å². The quantitative estimate of drug-likeness (QED) is 0.498. The molecule has 1 fully saturated rings. The normalized spacial score (nSPS) is 15.7. The van der Waals surface area contributed by atoms with Crippen LogP contribution in [0.3, 0.4) is 0 Å². The number of carbonyl (C=O) groups is 1. The molecule has 0 heterocycles. The zero-order valence-electron chi connectivity index (χ0n) is 11.3. The van der Waals surface area contributed by atoms with Crippen LogP contribution in [0.4, 0.5) is 5.69 Å². The van der Waals surface area contributed by atoms with Crippen LogP contribution in [0, 0.1) is 22.5 Å². The minimum atomic E-state index is -0.520. The number of nitro benzene ring substituents is 1. The lowest BCUT2D eigenvalue weighted by molar-refractivity contribution is -0.385. The van der Waals surface area contributed by atoms with Gasteiger partial charge in [-0.15, -0.1) is 11.6 Å². The number of hydrogen-bond donors (Lipinski definition) is 1. The zero-order valence-corrected chi connectivity index (χ0v) is 12.1. The Morgan fingerprint density at radius 3 is 2.75 bits per heavy atom. The molecule has 0 aromatic heterocycles. The van der Waals surface area contributed by atoms with Gasteiger partial charge in [0.2, 0.25) is 0 Å². The van der Waals surface area contributed by atoms with Crippen molar-refractivity contribution < 1.29 is 9.72 Å². The van der Waals surface area contributed by atoms with E-state index in [1.165, 1.54) is 6.07 Å². The van der Waals surface area contributed by atoms with Crippen molar-refractivity contribution in [2.75, 3.05) is 12.4 Å². The fraction of sp³-hybridized carbons (Fsp3) is 0.500. The zero-order chi connectivity index (χ0) is 14.8. The Morgan fingerprint density at radius 1 is 1.50 bits per heavy atom. The largest absolute Gasteiger partial charge is 0.351 e. The van der Waals surface area contributed by atoms with Crippen LogP contribution in [-0.2, 0) is 0 Å².